The van der Waals surface area contributed by atoms with Gasteiger partial charge >= 0.3 is 5.97 Å². The summed E-state index contributed by atoms with van der Waals surface area (Å²) in [5.74, 6) is -0.434. The molecule has 2 rings (SSSR count). The van der Waals surface area contributed by atoms with Crippen molar-refractivity contribution in [3.8, 4) is 0 Å². The van der Waals surface area contributed by atoms with Crippen molar-refractivity contribution in [2.75, 3.05) is 5.32 Å². The minimum Gasteiger partial charge on any atom is -0.478 e. The molecule has 0 spiro atoms. The van der Waals surface area contributed by atoms with Crippen LogP contribution in [0.5, 0.6) is 0 Å². The Morgan fingerprint density at radius 3 is 2.23 bits per heavy atom. The number of hydrogen-bond donors (Lipinski definition) is 2. The third kappa shape index (κ3) is 3.87. The lowest BCUT2D eigenvalue weighted by atomic mass is 9.69. The van der Waals surface area contributed by atoms with Gasteiger partial charge in [0.15, 0.2) is 0 Å². The largest absolute Gasteiger partial charge is 0.478 e. The molecule has 0 radical (unpaired) electrons. The minimum absolute atomic E-state index is 0.0135. The number of hydrogen-bond acceptors (Lipinski definition) is 2. The van der Waals surface area contributed by atoms with Crippen molar-refractivity contribution in [2.45, 2.75) is 46.5 Å². The first-order valence-electron chi connectivity index (χ1n) is 7.92. The molecular weight excluding hydrogens is 278 g/mol. The van der Waals surface area contributed by atoms with Crippen LogP contribution in [0.25, 0.3) is 0 Å². The van der Waals surface area contributed by atoms with Gasteiger partial charge in [-0.3, -0.25) is 4.79 Å². The number of para-hydroxylation sites is 1. The van der Waals surface area contributed by atoms with E-state index in [0.29, 0.717) is 11.6 Å². The van der Waals surface area contributed by atoms with Crippen molar-refractivity contribution in [3.05, 3.63) is 29.8 Å². The van der Waals surface area contributed by atoms with Crippen LogP contribution < -0.4 is 5.32 Å². The van der Waals surface area contributed by atoms with Gasteiger partial charge in [0.1, 0.15) is 0 Å². The Bertz CT molecular complexity index is 552. The Balaban J connectivity index is 1.99. The van der Waals surface area contributed by atoms with Gasteiger partial charge in [-0.2, -0.15) is 0 Å². The second-order valence-electron chi connectivity index (χ2n) is 7.25. The van der Waals surface area contributed by atoms with Crippen LogP contribution in [-0.2, 0) is 4.79 Å². The Morgan fingerprint density at radius 2 is 1.68 bits per heavy atom. The van der Waals surface area contributed by atoms with Crippen LogP contribution >= 0.6 is 0 Å². The van der Waals surface area contributed by atoms with E-state index < -0.39 is 5.97 Å². The summed E-state index contributed by atoms with van der Waals surface area (Å²) in [6.07, 6.45) is 3.87. The molecule has 0 saturated heterocycles. The van der Waals surface area contributed by atoms with Crippen molar-refractivity contribution in [1.29, 1.82) is 0 Å². The van der Waals surface area contributed by atoms with Gasteiger partial charge in [0, 0.05) is 5.92 Å². The van der Waals surface area contributed by atoms with Crippen LogP contribution in [0.4, 0.5) is 5.69 Å². The summed E-state index contributed by atoms with van der Waals surface area (Å²) < 4.78 is 0. The van der Waals surface area contributed by atoms with Gasteiger partial charge in [-0.15, -0.1) is 0 Å². The van der Waals surface area contributed by atoms with Gasteiger partial charge in [0.25, 0.3) is 0 Å². The molecule has 0 bridgehead atoms. The standard InChI is InChI=1S/C18H25NO3/c1-18(2,3)13-10-8-12(9-11-13)16(20)19-15-7-5-4-6-14(15)17(21)22/h4-7,12-13H,8-11H2,1-3H3,(H,19,20)(H,21,22). The molecule has 1 aliphatic rings. The predicted octanol–water partition coefficient (Wildman–Crippen LogP) is 4.18. The summed E-state index contributed by atoms with van der Waals surface area (Å²) in [6.45, 7) is 6.75. The smallest absolute Gasteiger partial charge is 0.337 e. The average molecular weight is 303 g/mol. The maximum atomic E-state index is 12.4. The number of anilines is 1. The number of rotatable bonds is 3. The summed E-state index contributed by atoms with van der Waals surface area (Å²) in [5, 5.41) is 12.0. The zero-order valence-electron chi connectivity index (χ0n) is 13.6. The van der Waals surface area contributed by atoms with Crippen LogP contribution in [0.1, 0.15) is 56.8 Å². The molecule has 22 heavy (non-hydrogen) atoms. The molecule has 1 amide bonds. The number of aromatic carboxylic acids is 1. The number of amides is 1. The SMILES string of the molecule is CC(C)(C)C1CCC(C(=O)Nc2ccccc2C(=O)O)CC1. The first kappa shape index (κ1) is 16.5. The molecule has 0 aliphatic heterocycles. The van der Waals surface area contributed by atoms with E-state index >= 15 is 0 Å². The molecule has 4 heteroatoms. The van der Waals surface area contributed by atoms with Gasteiger partial charge in [0.2, 0.25) is 5.91 Å². The van der Waals surface area contributed by atoms with E-state index in [2.05, 4.69) is 26.1 Å². The van der Waals surface area contributed by atoms with E-state index in [4.69, 9.17) is 5.11 Å². The fourth-order valence-corrected chi connectivity index (χ4v) is 3.24. The lowest BCUT2D eigenvalue weighted by Gasteiger charge is -2.36. The Kier molecular flexibility index (Phi) is 4.89. The molecule has 1 aromatic carbocycles. The monoisotopic (exact) mass is 303 g/mol. The van der Waals surface area contributed by atoms with Gasteiger partial charge < -0.3 is 10.4 Å². The molecule has 1 aliphatic carbocycles. The third-order valence-electron chi connectivity index (χ3n) is 4.74. The average Bonchev–Trinajstić information content (AvgIpc) is 2.46. The Labute approximate surface area is 131 Å². The molecule has 0 heterocycles. The van der Waals surface area contributed by atoms with Crippen LogP contribution in [0, 0.1) is 17.3 Å². The molecule has 0 aromatic heterocycles. The third-order valence-corrected chi connectivity index (χ3v) is 4.74. The van der Waals surface area contributed by atoms with Crippen LogP contribution in [-0.4, -0.2) is 17.0 Å². The topological polar surface area (TPSA) is 66.4 Å². The summed E-state index contributed by atoms with van der Waals surface area (Å²) in [5.41, 5.74) is 0.814. The number of benzene rings is 1. The number of carboxylic acid groups (broad SMARTS) is 1. The summed E-state index contributed by atoms with van der Waals surface area (Å²) in [7, 11) is 0. The second kappa shape index (κ2) is 6.51. The number of carbonyl (C=O) groups excluding carboxylic acids is 1. The van der Waals surface area contributed by atoms with Crippen LogP contribution in [0.2, 0.25) is 0 Å². The zero-order chi connectivity index (χ0) is 16.3. The van der Waals surface area contributed by atoms with E-state index in [0.717, 1.165) is 25.7 Å². The molecule has 1 fully saturated rings. The Morgan fingerprint density at radius 1 is 1.09 bits per heavy atom. The fraction of sp³-hybridized carbons (Fsp3) is 0.556. The van der Waals surface area contributed by atoms with Crippen molar-refractivity contribution in [1.82, 2.24) is 0 Å². The molecule has 4 nitrogen and oxygen atoms in total. The zero-order valence-corrected chi connectivity index (χ0v) is 13.6. The maximum Gasteiger partial charge on any atom is 0.337 e. The van der Waals surface area contributed by atoms with Crippen LogP contribution in [0.3, 0.4) is 0 Å². The summed E-state index contributed by atoms with van der Waals surface area (Å²) in [6, 6.07) is 6.54. The minimum atomic E-state index is -1.02. The van der Waals surface area contributed by atoms with Crippen LogP contribution in [0.15, 0.2) is 24.3 Å². The first-order valence-corrected chi connectivity index (χ1v) is 7.92. The summed E-state index contributed by atoms with van der Waals surface area (Å²) in [4.78, 5) is 23.6. The second-order valence-corrected chi connectivity index (χ2v) is 7.25. The quantitative estimate of drug-likeness (QED) is 0.880. The molecule has 2 N–H and O–H groups in total. The molecule has 1 saturated carbocycles. The lowest BCUT2D eigenvalue weighted by Crippen LogP contribution is -2.31. The first-order chi connectivity index (χ1) is 10.3. The normalized spacial score (nSPS) is 22.1. The lowest BCUT2D eigenvalue weighted by molar-refractivity contribution is -0.121. The molecule has 0 atom stereocenters. The molecule has 1 aromatic rings. The van der Waals surface area contributed by atoms with E-state index in [-0.39, 0.29) is 22.8 Å². The van der Waals surface area contributed by atoms with E-state index in [1.807, 2.05) is 0 Å². The van der Waals surface area contributed by atoms with Gasteiger partial charge in [-0.1, -0.05) is 32.9 Å². The van der Waals surface area contributed by atoms with E-state index in [1.165, 1.54) is 6.07 Å². The highest BCUT2D eigenvalue weighted by Gasteiger charge is 2.32. The van der Waals surface area contributed by atoms with Gasteiger partial charge in [-0.05, 0) is 49.1 Å². The van der Waals surface area contributed by atoms with E-state index in [1.54, 1.807) is 18.2 Å². The Hall–Kier alpha value is -1.84. The predicted molar refractivity (Wildman–Crippen MR) is 86.9 cm³/mol. The molecule has 120 valence electrons. The molecular formula is C18H25NO3. The maximum absolute atomic E-state index is 12.4. The van der Waals surface area contributed by atoms with Gasteiger partial charge in [-0.25, -0.2) is 4.79 Å². The number of carbonyl (C=O) groups is 2. The van der Waals surface area contributed by atoms with Crippen molar-refractivity contribution < 1.29 is 14.7 Å². The number of carboxylic acids is 1. The van der Waals surface area contributed by atoms with E-state index in [9.17, 15) is 9.59 Å². The fourth-order valence-electron chi connectivity index (χ4n) is 3.24. The van der Waals surface area contributed by atoms with Gasteiger partial charge in [0.05, 0.1) is 11.3 Å². The van der Waals surface area contributed by atoms with Crippen molar-refractivity contribution in [3.63, 3.8) is 0 Å². The van der Waals surface area contributed by atoms with Crippen molar-refractivity contribution in [2.24, 2.45) is 17.3 Å². The highest BCUT2D eigenvalue weighted by molar-refractivity contribution is 6.01. The van der Waals surface area contributed by atoms with Crippen molar-refractivity contribution >= 4 is 17.6 Å². The molecule has 0 unspecified atom stereocenters. The summed E-state index contributed by atoms with van der Waals surface area (Å²) >= 11 is 0. The number of nitrogens with one attached hydrogen (secondary N) is 1. The highest BCUT2D eigenvalue weighted by atomic mass is 16.4. The highest BCUT2D eigenvalue weighted by Crippen LogP contribution is 2.40.